The molecule has 1 saturated heterocycles. The molecule has 0 bridgehead atoms. The minimum absolute atomic E-state index is 0.116. The summed E-state index contributed by atoms with van der Waals surface area (Å²) >= 11 is 0. The molecule has 112 valence electrons. The van der Waals surface area contributed by atoms with E-state index in [0.29, 0.717) is 12.3 Å². The zero-order valence-corrected chi connectivity index (χ0v) is 13.2. The van der Waals surface area contributed by atoms with E-state index in [1.54, 1.807) is 0 Å². The topological polar surface area (TPSA) is 46.3 Å². The smallest absolute Gasteiger partial charge is 0.230 e. The van der Waals surface area contributed by atoms with Crippen LogP contribution in [-0.4, -0.2) is 28.9 Å². The lowest BCUT2D eigenvalue weighted by atomic mass is 9.97. The summed E-state index contributed by atoms with van der Waals surface area (Å²) in [5, 5.41) is 0. The Balaban J connectivity index is 2.05. The normalized spacial score (nSPS) is 17.1. The molecule has 1 aliphatic heterocycles. The lowest BCUT2D eigenvalue weighted by Crippen LogP contribution is -2.33. The van der Waals surface area contributed by atoms with Crippen LogP contribution in [0.3, 0.4) is 0 Å². The summed E-state index contributed by atoms with van der Waals surface area (Å²) < 4.78 is 5.81. The zero-order chi connectivity index (χ0) is 14.8. The molecule has 20 heavy (non-hydrogen) atoms. The third-order valence-electron chi connectivity index (χ3n) is 3.80. The van der Waals surface area contributed by atoms with Gasteiger partial charge in [0.1, 0.15) is 5.76 Å². The first-order valence-corrected chi connectivity index (χ1v) is 7.62. The fourth-order valence-electron chi connectivity index (χ4n) is 2.48. The molecule has 1 fully saturated rings. The van der Waals surface area contributed by atoms with Crippen LogP contribution in [0.1, 0.15) is 63.8 Å². The maximum Gasteiger partial charge on any atom is 0.230 e. The Morgan fingerprint density at radius 1 is 1.20 bits per heavy atom. The number of hydrogen-bond acceptors (Lipinski definition) is 3. The van der Waals surface area contributed by atoms with Crippen LogP contribution in [0.2, 0.25) is 0 Å². The van der Waals surface area contributed by atoms with Crippen molar-refractivity contribution in [3.63, 3.8) is 0 Å². The zero-order valence-electron chi connectivity index (χ0n) is 13.2. The van der Waals surface area contributed by atoms with Crippen LogP contribution < -0.4 is 0 Å². The van der Waals surface area contributed by atoms with Gasteiger partial charge in [0.2, 0.25) is 5.91 Å². The molecule has 2 rings (SSSR count). The summed E-state index contributed by atoms with van der Waals surface area (Å²) in [5.74, 6) is 1.62. The third-order valence-corrected chi connectivity index (χ3v) is 3.80. The standard InChI is InChI=1S/C16H26N2O2/c1-12-13(20-15(17-12)16(2,3)4)11-14(19)18-9-7-5-6-8-10-18/h5-11H2,1-4H3. The second-order valence-corrected chi connectivity index (χ2v) is 6.75. The summed E-state index contributed by atoms with van der Waals surface area (Å²) in [6.45, 7) is 9.90. The van der Waals surface area contributed by atoms with Gasteiger partial charge in [-0.15, -0.1) is 0 Å². The van der Waals surface area contributed by atoms with Crippen molar-refractivity contribution in [2.45, 2.75) is 65.2 Å². The van der Waals surface area contributed by atoms with Crippen molar-refractivity contribution in [3.8, 4) is 0 Å². The van der Waals surface area contributed by atoms with E-state index >= 15 is 0 Å². The van der Waals surface area contributed by atoms with E-state index in [4.69, 9.17) is 4.42 Å². The fourth-order valence-corrected chi connectivity index (χ4v) is 2.48. The summed E-state index contributed by atoms with van der Waals surface area (Å²) in [5.41, 5.74) is 0.729. The first-order valence-electron chi connectivity index (χ1n) is 7.62. The molecule has 0 unspecified atom stereocenters. The van der Waals surface area contributed by atoms with Crippen molar-refractivity contribution in [2.24, 2.45) is 0 Å². The highest BCUT2D eigenvalue weighted by molar-refractivity contribution is 5.78. The molecule has 1 aromatic heterocycles. The van der Waals surface area contributed by atoms with Gasteiger partial charge in [0.25, 0.3) is 0 Å². The molecule has 0 saturated carbocycles. The minimum Gasteiger partial charge on any atom is -0.444 e. The molecule has 4 heteroatoms. The monoisotopic (exact) mass is 278 g/mol. The van der Waals surface area contributed by atoms with Gasteiger partial charge >= 0.3 is 0 Å². The fraction of sp³-hybridized carbons (Fsp3) is 0.750. The Bertz CT molecular complexity index is 463. The van der Waals surface area contributed by atoms with Crippen molar-refractivity contribution in [2.75, 3.05) is 13.1 Å². The molecule has 0 N–H and O–H groups in total. The van der Waals surface area contributed by atoms with Gasteiger partial charge in [-0.3, -0.25) is 4.79 Å². The molecule has 1 amide bonds. The van der Waals surface area contributed by atoms with E-state index in [-0.39, 0.29) is 11.3 Å². The maximum absolute atomic E-state index is 12.4. The summed E-state index contributed by atoms with van der Waals surface area (Å²) in [4.78, 5) is 18.8. The van der Waals surface area contributed by atoms with E-state index in [2.05, 4.69) is 25.8 Å². The molecule has 4 nitrogen and oxygen atoms in total. The van der Waals surface area contributed by atoms with Crippen molar-refractivity contribution in [1.29, 1.82) is 0 Å². The number of aryl methyl sites for hydroxylation is 1. The lowest BCUT2D eigenvalue weighted by Gasteiger charge is -2.19. The van der Waals surface area contributed by atoms with Gasteiger partial charge in [-0.2, -0.15) is 0 Å². The van der Waals surface area contributed by atoms with Crippen LogP contribution in [0.4, 0.5) is 0 Å². The van der Waals surface area contributed by atoms with Gasteiger partial charge in [0, 0.05) is 18.5 Å². The average Bonchev–Trinajstić information content (AvgIpc) is 2.61. The highest BCUT2D eigenvalue weighted by Crippen LogP contribution is 2.24. The number of carbonyl (C=O) groups excluding carboxylic acids is 1. The van der Waals surface area contributed by atoms with Gasteiger partial charge in [0.05, 0.1) is 12.1 Å². The maximum atomic E-state index is 12.4. The Labute approximate surface area is 121 Å². The van der Waals surface area contributed by atoms with Crippen LogP contribution in [0.5, 0.6) is 0 Å². The average molecular weight is 278 g/mol. The number of amides is 1. The second-order valence-electron chi connectivity index (χ2n) is 6.75. The molecule has 1 aromatic rings. The van der Waals surface area contributed by atoms with Crippen molar-refractivity contribution >= 4 is 5.91 Å². The number of likely N-dealkylation sites (tertiary alicyclic amines) is 1. The lowest BCUT2D eigenvalue weighted by molar-refractivity contribution is -0.130. The Morgan fingerprint density at radius 2 is 1.80 bits per heavy atom. The summed E-state index contributed by atoms with van der Waals surface area (Å²) in [7, 11) is 0. The van der Waals surface area contributed by atoms with E-state index in [1.807, 2.05) is 11.8 Å². The molecule has 0 aromatic carbocycles. The van der Waals surface area contributed by atoms with Crippen LogP contribution >= 0.6 is 0 Å². The molecular formula is C16H26N2O2. The summed E-state index contributed by atoms with van der Waals surface area (Å²) in [6, 6.07) is 0. The number of hydrogen-bond donors (Lipinski definition) is 0. The quantitative estimate of drug-likeness (QED) is 0.834. The minimum atomic E-state index is -0.116. The van der Waals surface area contributed by atoms with Gasteiger partial charge in [-0.1, -0.05) is 33.6 Å². The highest BCUT2D eigenvalue weighted by atomic mass is 16.4. The molecule has 0 atom stereocenters. The molecule has 2 heterocycles. The van der Waals surface area contributed by atoms with E-state index < -0.39 is 0 Å². The van der Waals surface area contributed by atoms with Crippen LogP contribution in [-0.2, 0) is 16.6 Å². The Kier molecular flexibility index (Phi) is 4.51. The van der Waals surface area contributed by atoms with Crippen LogP contribution in [0.15, 0.2) is 4.42 Å². The Morgan fingerprint density at radius 3 is 2.30 bits per heavy atom. The van der Waals surface area contributed by atoms with E-state index in [0.717, 1.165) is 37.4 Å². The molecule has 0 spiro atoms. The number of aromatic nitrogens is 1. The summed E-state index contributed by atoms with van der Waals surface area (Å²) in [6.07, 6.45) is 5.05. The Hall–Kier alpha value is -1.32. The van der Waals surface area contributed by atoms with Gasteiger partial charge < -0.3 is 9.32 Å². The van der Waals surface area contributed by atoms with Crippen molar-refractivity contribution < 1.29 is 9.21 Å². The number of oxazole rings is 1. The predicted octanol–water partition coefficient (Wildman–Crippen LogP) is 3.23. The van der Waals surface area contributed by atoms with Gasteiger partial charge in [0.15, 0.2) is 5.89 Å². The third kappa shape index (κ3) is 3.62. The first kappa shape index (κ1) is 15.1. The highest BCUT2D eigenvalue weighted by Gasteiger charge is 2.24. The number of carbonyl (C=O) groups is 1. The first-order chi connectivity index (χ1) is 9.38. The SMILES string of the molecule is Cc1nc(C(C)(C)C)oc1CC(=O)N1CCCCCC1. The molecule has 0 radical (unpaired) electrons. The molecular weight excluding hydrogens is 252 g/mol. The number of nitrogens with zero attached hydrogens (tertiary/aromatic N) is 2. The predicted molar refractivity (Wildman–Crippen MR) is 78.7 cm³/mol. The van der Waals surface area contributed by atoms with Gasteiger partial charge in [-0.05, 0) is 19.8 Å². The van der Waals surface area contributed by atoms with Crippen molar-refractivity contribution in [1.82, 2.24) is 9.88 Å². The second kappa shape index (κ2) is 5.98. The van der Waals surface area contributed by atoms with E-state index in [9.17, 15) is 4.79 Å². The molecule has 0 aliphatic carbocycles. The van der Waals surface area contributed by atoms with Crippen LogP contribution in [0, 0.1) is 6.92 Å². The van der Waals surface area contributed by atoms with Crippen molar-refractivity contribution in [3.05, 3.63) is 17.3 Å². The van der Waals surface area contributed by atoms with Crippen LogP contribution in [0.25, 0.3) is 0 Å². The number of rotatable bonds is 2. The molecule has 1 aliphatic rings. The van der Waals surface area contributed by atoms with E-state index in [1.165, 1.54) is 12.8 Å². The van der Waals surface area contributed by atoms with Gasteiger partial charge in [-0.25, -0.2) is 4.98 Å². The largest absolute Gasteiger partial charge is 0.444 e.